The Hall–Kier alpha value is -3.30. The summed E-state index contributed by atoms with van der Waals surface area (Å²) < 4.78 is 0. The van der Waals surface area contributed by atoms with Crippen LogP contribution in [0, 0.1) is 0 Å². The van der Waals surface area contributed by atoms with E-state index in [-0.39, 0.29) is 17.9 Å². The summed E-state index contributed by atoms with van der Waals surface area (Å²) in [6.07, 6.45) is 4.46. The molecule has 202 valence electrons. The molecule has 2 amide bonds. The first-order valence-electron chi connectivity index (χ1n) is 13.2. The van der Waals surface area contributed by atoms with E-state index in [1.807, 2.05) is 72.8 Å². The van der Waals surface area contributed by atoms with Crippen molar-refractivity contribution in [3.63, 3.8) is 0 Å². The Bertz CT molecular complexity index is 1310. The third-order valence-electron chi connectivity index (χ3n) is 7.29. The molecule has 0 bridgehead atoms. The van der Waals surface area contributed by atoms with Gasteiger partial charge in [-0.15, -0.1) is 0 Å². The van der Waals surface area contributed by atoms with Crippen molar-refractivity contribution >= 4 is 39.4 Å². The number of benzene rings is 2. The number of amides is 2. The van der Waals surface area contributed by atoms with Crippen molar-refractivity contribution in [1.29, 1.82) is 0 Å². The number of carbonyl (C=O) groups is 3. The standard InChI is InChI=1S/C30H31N3O4S2/c34-28(27(17-20-9-2-1-3-10-20)39-38-19-22-12-6-7-16-31-22)32-24-18-21-11-4-5-13-23(21)25-14-8-15-26(30(36)37)33(25)29(24)35/h1-7,9-13,16,24-27H,8,14-15,17-19H2,(H,32,34)(H,36,37). The smallest absolute Gasteiger partial charge is 0.326 e. The number of rotatable bonds is 9. The average molecular weight is 562 g/mol. The van der Waals surface area contributed by atoms with Gasteiger partial charge in [-0.1, -0.05) is 82.3 Å². The molecule has 9 heteroatoms. The van der Waals surface area contributed by atoms with Crippen molar-refractivity contribution in [3.05, 3.63) is 101 Å². The second-order valence-electron chi connectivity index (χ2n) is 9.87. The molecule has 39 heavy (non-hydrogen) atoms. The Kier molecular flexibility index (Phi) is 8.88. The fraction of sp³-hybridized carbons (Fsp3) is 0.333. The van der Waals surface area contributed by atoms with Crippen LogP contribution in [-0.4, -0.2) is 50.1 Å². The molecule has 0 spiro atoms. The zero-order valence-electron chi connectivity index (χ0n) is 21.4. The minimum atomic E-state index is -0.999. The van der Waals surface area contributed by atoms with Crippen LogP contribution in [-0.2, 0) is 33.0 Å². The summed E-state index contributed by atoms with van der Waals surface area (Å²) in [7, 11) is 3.03. The maximum absolute atomic E-state index is 13.9. The molecule has 2 aromatic carbocycles. The lowest BCUT2D eigenvalue weighted by Gasteiger charge is -2.40. The monoisotopic (exact) mass is 561 g/mol. The van der Waals surface area contributed by atoms with Gasteiger partial charge in [0, 0.05) is 18.4 Å². The summed E-state index contributed by atoms with van der Waals surface area (Å²) in [5.41, 5.74) is 3.92. The number of carboxylic acids is 1. The van der Waals surface area contributed by atoms with Crippen LogP contribution in [0.4, 0.5) is 0 Å². The average Bonchev–Trinajstić information content (AvgIpc) is 3.08. The predicted molar refractivity (Wildman–Crippen MR) is 154 cm³/mol. The third kappa shape index (κ3) is 6.47. The molecule has 2 N–H and O–H groups in total. The molecule has 0 radical (unpaired) electrons. The number of fused-ring (bicyclic) bond motifs is 3. The van der Waals surface area contributed by atoms with Crippen molar-refractivity contribution in [2.75, 3.05) is 0 Å². The van der Waals surface area contributed by atoms with Gasteiger partial charge in [-0.25, -0.2) is 4.79 Å². The van der Waals surface area contributed by atoms with Crippen molar-refractivity contribution in [2.24, 2.45) is 0 Å². The first kappa shape index (κ1) is 27.3. The van der Waals surface area contributed by atoms with Gasteiger partial charge < -0.3 is 15.3 Å². The van der Waals surface area contributed by atoms with Crippen LogP contribution in [0.15, 0.2) is 79.0 Å². The van der Waals surface area contributed by atoms with E-state index in [4.69, 9.17) is 0 Å². The van der Waals surface area contributed by atoms with E-state index in [9.17, 15) is 19.5 Å². The molecule has 7 nitrogen and oxygen atoms in total. The molecule has 0 aliphatic carbocycles. The maximum Gasteiger partial charge on any atom is 0.326 e. The van der Waals surface area contributed by atoms with Gasteiger partial charge in [0.25, 0.3) is 0 Å². The number of nitrogens with zero attached hydrogens (tertiary/aromatic N) is 2. The summed E-state index contributed by atoms with van der Waals surface area (Å²) in [6, 6.07) is 21.4. The fourth-order valence-electron chi connectivity index (χ4n) is 5.42. The third-order valence-corrected chi connectivity index (χ3v) is 9.91. The van der Waals surface area contributed by atoms with E-state index in [1.54, 1.807) is 17.0 Å². The second kappa shape index (κ2) is 12.7. The number of piperidine rings is 1. The van der Waals surface area contributed by atoms with Gasteiger partial charge in [0.2, 0.25) is 11.8 Å². The molecule has 1 fully saturated rings. The normalized spacial score (nSPS) is 21.3. The van der Waals surface area contributed by atoms with Crippen LogP contribution < -0.4 is 5.32 Å². The summed E-state index contributed by atoms with van der Waals surface area (Å²) in [5.74, 6) is -0.895. The summed E-state index contributed by atoms with van der Waals surface area (Å²) in [5, 5.41) is 12.5. The highest BCUT2D eigenvalue weighted by molar-refractivity contribution is 8.76. The summed E-state index contributed by atoms with van der Waals surface area (Å²) in [4.78, 5) is 45.7. The molecule has 4 unspecified atom stereocenters. The van der Waals surface area contributed by atoms with E-state index in [1.165, 1.54) is 15.7 Å². The van der Waals surface area contributed by atoms with Crippen LogP contribution in [0.1, 0.15) is 47.7 Å². The zero-order valence-corrected chi connectivity index (χ0v) is 23.1. The number of aliphatic carboxylic acids is 1. The number of nitrogens with one attached hydrogen (secondary N) is 1. The topological polar surface area (TPSA) is 99.6 Å². The molecule has 0 saturated carbocycles. The Labute approximate surface area is 236 Å². The lowest BCUT2D eigenvalue weighted by molar-refractivity contribution is -0.156. The molecule has 3 aromatic rings. The summed E-state index contributed by atoms with van der Waals surface area (Å²) in [6.45, 7) is 0. The van der Waals surface area contributed by atoms with Gasteiger partial charge in [-0.05, 0) is 54.5 Å². The first-order chi connectivity index (χ1) is 19.0. The maximum atomic E-state index is 13.9. The van der Waals surface area contributed by atoms with Crippen LogP contribution in [0.25, 0.3) is 0 Å². The Balaban J connectivity index is 1.37. The highest BCUT2D eigenvalue weighted by atomic mass is 33.1. The molecule has 2 aliphatic rings. The highest BCUT2D eigenvalue weighted by Gasteiger charge is 2.44. The molecule has 1 saturated heterocycles. The van der Waals surface area contributed by atoms with Crippen molar-refractivity contribution < 1.29 is 19.5 Å². The van der Waals surface area contributed by atoms with Gasteiger partial charge >= 0.3 is 5.97 Å². The van der Waals surface area contributed by atoms with E-state index >= 15 is 0 Å². The fourth-order valence-corrected chi connectivity index (χ4v) is 7.89. The second-order valence-corrected chi connectivity index (χ2v) is 12.4. The highest BCUT2D eigenvalue weighted by Crippen LogP contribution is 2.39. The van der Waals surface area contributed by atoms with Gasteiger partial charge in [0.1, 0.15) is 12.1 Å². The molecule has 3 heterocycles. The Morgan fingerprint density at radius 2 is 1.79 bits per heavy atom. The van der Waals surface area contributed by atoms with E-state index in [0.717, 1.165) is 28.8 Å². The van der Waals surface area contributed by atoms with Crippen molar-refractivity contribution in [1.82, 2.24) is 15.2 Å². The van der Waals surface area contributed by atoms with E-state index < -0.39 is 23.3 Å². The minimum absolute atomic E-state index is 0.226. The van der Waals surface area contributed by atoms with Crippen LogP contribution in [0.2, 0.25) is 0 Å². The van der Waals surface area contributed by atoms with E-state index in [2.05, 4.69) is 10.3 Å². The van der Waals surface area contributed by atoms with Crippen molar-refractivity contribution in [2.45, 2.75) is 61.2 Å². The number of carboxylic acid groups (broad SMARTS) is 1. The number of pyridine rings is 1. The minimum Gasteiger partial charge on any atom is -0.480 e. The predicted octanol–water partition coefficient (Wildman–Crippen LogP) is 4.82. The lowest BCUT2D eigenvalue weighted by Crippen LogP contribution is -2.56. The zero-order chi connectivity index (χ0) is 27.2. The molecule has 4 atom stereocenters. The lowest BCUT2D eigenvalue weighted by atomic mass is 9.89. The first-order valence-corrected chi connectivity index (χ1v) is 15.5. The van der Waals surface area contributed by atoms with Crippen LogP contribution in [0.5, 0.6) is 0 Å². The molecular formula is C30H31N3O4S2. The largest absolute Gasteiger partial charge is 0.480 e. The number of carbonyl (C=O) groups excluding carboxylic acids is 2. The van der Waals surface area contributed by atoms with Gasteiger partial charge in [0.05, 0.1) is 17.0 Å². The quantitative estimate of drug-likeness (QED) is 0.361. The van der Waals surface area contributed by atoms with Gasteiger partial charge in [-0.3, -0.25) is 14.6 Å². The van der Waals surface area contributed by atoms with Crippen LogP contribution >= 0.6 is 21.6 Å². The molecule has 2 aliphatic heterocycles. The number of hydrogen-bond donors (Lipinski definition) is 2. The van der Waals surface area contributed by atoms with Crippen LogP contribution in [0.3, 0.4) is 0 Å². The Morgan fingerprint density at radius 3 is 2.56 bits per heavy atom. The molecule has 1 aromatic heterocycles. The van der Waals surface area contributed by atoms with E-state index in [0.29, 0.717) is 31.4 Å². The number of hydrogen-bond acceptors (Lipinski definition) is 6. The SMILES string of the molecule is O=C(NC1Cc2ccccc2C2CCCC(C(=O)O)N2C1=O)C(Cc1ccccc1)SSCc1ccccn1. The van der Waals surface area contributed by atoms with Crippen molar-refractivity contribution in [3.8, 4) is 0 Å². The molecular weight excluding hydrogens is 530 g/mol. The summed E-state index contributed by atoms with van der Waals surface area (Å²) >= 11 is 0. The number of aromatic nitrogens is 1. The van der Waals surface area contributed by atoms with Gasteiger partial charge in [0.15, 0.2) is 0 Å². The Morgan fingerprint density at radius 1 is 1.03 bits per heavy atom. The molecule has 5 rings (SSSR count). The van der Waals surface area contributed by atoms with Gasteiger partial charge in [-0.2, -0.15) is 0 Å².